The lowest BCUT2D eigenvalue weighted by Crippen LogP contribution is -2.30. The zero-order chi connectivity index (χ0) is 17.0. The van der Waals surface area contributed by atoms with Gasteiger partial charge in [0.05, 0.1) is 11.8 Å². The van der Waals surface area contributed by atoms with Crippen LogP contribution in [0.3, 0.4) is 0 Å². The zero-order valence-corrected chi connectivity index (χ0v) is 14.2. The van der Waals surface area contributed by atoms with E-state index in [2.05, 4.69) is 18.9 Å². The maximum absolute atomic E-state index is 12.5. The smallest absolute Gasteiger partial charge is 0.271 e. The Kier molecular flexibility index (Phi) is 5.55. The summed E-state index contributed by atoms with van der Waals surface area (Å²) in [6.07, 6.45) is -0.0644. The van der Waals surface area contributed by atoms with Gasteiger partial charge >= 0.3 is 0 Å². The Balaban J connectivity index is 1.98. The summed E-state index contributed by atoms with van der Waals surface area (Å²) in [4.78, 5) is 14.2. The SMILES string of the molecule is CC(C)c1cc(C(=O)N(C)CC[C@@H](O)c2ccccc2)n(C)n1. The first-order valence-electron chi connectivity index (χ1n) is 7.92. The monoisotopic (exact) mass is 315 g/mol. The van der Waals surface area contributed by atoms with Crippen molar-refractivity contribution in [3.05, 3.63) is 53.3 Å². The molecular weight excluding hydrogens is 290 g/mol. The number of aliphatic hydroxyl groups is 1. The van der Waals surface area contributed by atoms with E-state index in [0.29, 0.717) is 18.7 Å². The predicted octanol–water partition coefficient (Wildman–Crippen LogP) is 2.74. The fourth-order valence-corrected chi connectivity index (χ4v) is 2.43. The Labute approximate surface area is 137 Å². The van der Waals surface area contributed by atoms with Crippen LogP contribution in [-0.4, -0.2) is 39.3 Å². The van der Waals surface area contributed by atoms with Crippen LogP contribution < -0.4 is 0 Å². The first-order chi connectivity index (χ1) is 10.9. The fraction of sp³-hybridized carbons (Fsp3) is 0.444. The minimum Gasteiger partial charge on any atom is -0.388 e. The molecule has 0 aliphatic rings. The van der Waals surface area contributed by atoms with Crippen LogP contribution in [0, 0.1) is 0 Å². The molecule has 2 rings (SSSR count). The Hall–Kier alpha value is -2.14. The highest BCUT2D eigenvalue weighted by atomic mass is 16.3. The molecule has 1 N–H and O–H groups in total. The van der Waals surface area contributed by atoms with Gasteiger partial charge in [-0.15, -0.1) is 0 Å². The molecule has 0 bridgehead atoms. The number of benzene rings is 1. The van der Waals surface area contributed by atoms with Crippen molar-refractivity contribution in [1.29, 1.82) is 0 Å². The van der Waals surface area contributed by atoms with Crippen molar-refractivity contribution in [2.45, 2.75) is 32.3 Å². The van der Waals surface area contributed by atoms with Gasteiger partial charge in [0.1, 0.15) is 5.69 Å². The van der Waals surface area contributed by atoms with Crippen molar-refractivity contribution in [3.63, 3.8) is 0 Å². The molecule has 124 valence electrons. The lowest BCUT2D eigenvalue weighted by atomic mass is 10.1. The van der Waals surface area contributed by atoms with Crippen LogP contribution in [0.15, 0.2) is 36.4 Å². The maximum atomic E-state index is 12.5. The van der Waals surface area contributed by atoms with E-state index in [1.165, 1.54) is 0 Å². The molecule has 0 aliphatic carbocycles. The van der Waals surface area contributed by atoms with Gasteiger partial charge in [0.15, 0.2) is 0 Å². The number of aromatic nitrogens is 2. The third-order valence-electron chi connectivity index (χ3n) is 3.98. The van der Waals surface area contributed by atoms with Crippen molar-refractivity contribution in [2.24, 2.45) is 7.05 Å². The number of aliphatic hydroxyl groups excluding tert-OH is 1. The van der Waals surface area contributed by atoms with Gasteiger partial charge in [0.2, 0.25) is 0 Å². The summed E-state index contributed by atoms with van der Waals surface area (Å²) in [5.74, 6) is 0.208. The van der Waals surface area contributed by atoms with E-state index >= 15 is 0 Å². The molecule has 0 fully saturated rings. The quantitative estimate of drug-likeness (QED) is 0.891. The summed E-state index contributed by atoms with van der Waals surface area (Å²) in [5, 5.41) is 14.6. The molecular formula is C18H25N3O2. The molecule has 0 unspecified atom stereocenters. The second kappa shape index (κ2) is 7.42. The Morgan fingerprint density at radius 1 is 1.30 bits per heavy atom. The standard InChI is InChI=1S/C18H25N3O2/c1-13(2)15-12-16(21(4)19-15)18(23)20(3)11-10-17(22)14-8-6-5-7-9-14/h5-9,12-13,17,22H,10-11H2,1-4H3/t17-/m1/s1. The van der Waals surface area contributed by atoms with Crippen LogP contribution in [0.2, 0.25) is 0 Å². The fourth-order valence-electron chi connectivity index (χ4n) is 2.43. The summed E-state index contributed by atoms with van der Waals surface area (Å²) in [6, 6.07) is 11.3. The predicted molar refractivity (Wildman–Crippen MR) is 90.3 cm³/mol. The van der Waals surface area contributed by atoms with E-state index in [9.17, 15) is 9.90 Å². The highest BCUT2D eigenvalue weighted by molar-refractivity contribution is 5.92. The van der Waals surface area contributed by atoms with Gasteiger partial charge < -0.3 is 10.0 Å². The molecule has 1 aromatic heterocycles. The van der Waals surface area contributed by atoms with Gasteiger partial charge in [-0.2, -0.15) is 5.10 Å². The van der Waals surface area contributed by atoms with Crippen molar-refractivity contribution >= 4 is 5.91 Å². The number of hydrogen-bond acceptors (Lipinski definition) is 3. The number of rotatable bonds is 6. The van der Waals surface area contributed by atoms with E-state index in [0.717, 1.165) is 11.3 Å². The molecule has 1 atom stereocenters. The van der Waals surface area contributed by atoms with E-state index in [4.69, 9.17) is 0 Å². The van der Waals surface area contributed by atoms with Crippen molar-refractivity contribution in [2.75, 3.05) is 13.6 Å². The van der Waals surface area contributed by atoms with E-state index in [1.54, 1.807) is 23.7 Å². The van der Waals surface area contributed by atoms with Gasteiger partial charge in [0.25, 0.3) is 5.91 Å². The van der Waals surface area contributed by atoms with Gasteiger partial charge in [-0.25, -0.2) is 0 Å². The second-order valence-corrected chi connectivity index (χ2v) is 6.17. The number of nitrogens with zero attached hydrogens (tertiary/aromatic N) is 3. The van der Waals surface area contributed by atoms with Gasteiger partial charge in [-0.1, -0.05) is 44.2 Å². The van der Waals surface area contributed by atoms with E-state index in [-0.39, 0.29) is 11.8 Å². The number of carbonyl (C=O) groups is 1. The Morgan fingerprint density at radius 2 is 1.96 bits per heavy atom. The first-order valence-corrected chi connectivity index (χ1v) is 7.92. The average Bonchev–Trinajstić information content (AvgIpc) is 2.94. The molecule has 0 spiro atoms. The summed E-state index contributed by atoms with van der Waals surface area (Å²) in [6.45, 7) is 4.59. The molecule has 1 aromatic carbocycles. The Morgan fingerprint density at radius 3 is 2.52 bits per heavy atom. The minimum absolute atomic E-state index is 0.0767. The molecule has 1 amide bonds. The third-order valence-corrected chi connectivity index (χ3v) is 3.98. The lowest BCUT2D eigenvalue weighted by Gasteiger charge is -2.19. The van der Waals surface area contributed by atoms with Crippen LogP contribution in [0.1, 0.15) is 54.0 Å². The minimum atomic E-state index is -0.566. The zero-order valence-electron chi connectivity index (χ0n) is 14.2. The van der Waals surface area contributed by atoms with Crippen molar-refractivity contribution in [3.8, 4) is 0 Å². The molecule has 0 saturated carbocycles. The van der Waals surface area contributed by atoms with E-state index < -0.39 is 6.10 Å². The Bertz CT molecular complexity index is 650. The summed E-state index contributed by atoms with van der Waals surface area (Å²) < 4.78 is 1.63. The summed E-state index contributed by atoms with van der Waals surface area (Å²) >= 11 is 0. The number of aryl methyl sites for hydroxylation is 1. The van der Waals surface area contributed by atoms with Gasteiger partial charge in [-0.3, -0.25) is 9.48 Å². The number of carbonyl (C=O) groups excluding carboxylic acids is 1. The largest absolute Gasteiger partial charge is 0.388 e. The van der Waals surface area contributed by atoms with Gasteiger partial charge in [-0.05, 0) is 24.0 Å². The first kappa shape index (κ1) is 17.2. The summed E-state index contributed by atoms with van der Waals surface area (Å²) in [7, 11) is 3.54. The third kappa shape index (κ3) is 4.20. The van der Waals surface area contributed by atoms with Crippen molar-refractivity contribution in [1.82, 2.24) is 14.7 Å². The van der Waals surface area contributed by atoms with Gasteiger partial charge in [0, 0.05) is 20.6 Å². The molecule has 2 aromatic rings. The number of hydrogen-bond donors (Lipinski definition) is 1. The summed E-state index contributed by atoms with van der Waals surface area (Å²) in [5.41, 5.74) is 2.36. The average molecular weight is 315 g/mol. The molecule has 0 aliphatic heterocycles. The number of amides is 1. The molecule has 0 radical (unpaired) electrons. The molecule has 1 heterocycles. The lowest BCUT2D eigenvalue weighted by molar-refractivity contribution is 0.0750. The van der Waals surface area contributed by atoms with Crippen molar-refractivity contribution < 1.29 is 9.90 Å². The highest BCUT2D eigenvalue weighted by Crippen LogP contribution is 2.18. The normalized spacial score (nSPS) is 12.4. The molecule has 0 saturated heterocycles. The molecule has 5 heteroatoms. The van der Waals surface area contributed by atoms with Crippen LogP contribution in [0.4, 0.5) is 0 Å². The highest BCUT2D eigenvalue weighted by Gasteiger charge is 2.19. The molecule has 5 nitrogen and oxygen atoms in total. The second-order valence-electron chi connectivity index (χ2n) is 6.17. The van der Waals surface area contributed by atoms with Crippen LogP contribution >= 0.6 is 0 Å². The topological polar surface area (TPSA) is 58.4 Å². The van der Waals surface area contributed by atoms with Crippen LogP contribution in [0.5, 0.6) is 0 Å². The van der Waals surface area contributed by atoms with Crippen LogP contribution in [-0.2, 0) is 7.05 Å². The molecule has 23 heavy (non-hydrogen) atoms. The van der Waals surface area contributed by atoms with E-state index in [1.807, 2.05) is 36.4 Å². The maximum Gasteiger partial charge on any atom is 0.271 e. The van der Waals surface area contributed by atoms with Crippen LogP contribution in [0.25, 0.3) is 0 Å².